The van der Waals surface area contributed by atoms with Crippen molar-refractivity contribution >= 4 is 40.9 Å². The van der Waals surface area contributed by atoms with Crippen molar-refractivity contribution < 1.29 is 24.0 Å². The molecule has 1 saturated carbocycles. The van der Waals surface area contributed by atoms with Crippen LogP contribution in [0, 0.1) is 18.8 Å². The highest BCUT2D eigenvalue weighted by Gasteiger charge is 2.29. The molecule has 1 heterocycles. The standard InChI is InChI=1S/C37H45N11O5/c1-22-16-29(42-34(51)21-41-33(50)20-40-32(49)19-39)14-15-30(22)25-6-2-23(3-7-25)17-31(44-36(52)27-8-4-24(18-38)5-9-27)37(53)43-28-12-10-26(11-13-28)35-45-47-48-46-35/h2-3,6-7,10-16,24,27,31H,4-5,8-9,17-21,38-39H2,1H3,(H,40,49)(H,41,50)(H,42,51)(H,43,53)(H,44,52)(H,45,46,47,48)/t24-,27-,31-/m0/s1. The number of amides is 5. The molecule has 1 atom stereocenters. The lowest BCUT2D eigenvalue weighted by Gasteiger charge is -2.28. The third kappa shape index (κ3) is 11.0. The van der Waals surface area contributed by atoms with Gasteiger partial charge in [-0.25, -0.2) is 0 Å². The summed E-state index contributed by atoms with van der Waals surface area (Å²) in [6.07, 6.45) is 3.54. The van der Waals surface area contributed by atoms with Gasteiger partial charge >= 0.3 is 0 Å². The van der Waals surface area contributed by atoms with Crippen LogP contribution in [0.5, 0.6) is 0 Å². The minimum Gasteiger partial charge on any atom is -0.346 e. The number of tetrazole rings is 1. The monoisotopic (exact) mass is 723 g/mol. The number of anilines is 2. The topological polar surface area (TPSA) is 252 Å². The van der Waals surface area contributed by atoms with Crippen LogP contribution < -0.4 is 38.1 Å². The second kappa shape index (κ2) is 18.5. The Morgan fingerprint density at radius 3 is 2.09 bits per heavy atom. The first kappa shape index (κ1) is 38.2. The predicted octanol–water partition coefficient (Wildman–Crippen LogP) is 1.40. The summed E-state index contributed by atoms with van der Waals surface area (Å²) in [6, 6.07) is 19.5. The number of benzene rings is 3. The second-order valence-electron chi connectivity index (χ2n) is 13.1. The zero-order valence-corrected chi connectivity index (χ0v) is 29.5. The van der Waals surface area contributed by atoms with Crippen molar-refractivity contribution in [3.05, 3.63) is 77.9 Å². The number of rotatable bonds is 15. The second-order valence-corrected chi connectivity index (χ2v) is 13.1. The summed E-state index contributed by atoms with van der Waals surface area (Å²) in [5, 5.41) is 27.5. The van der Waals surface area contributed by atoms with E-state index in [-0.39, 0.29) is 43.8 Å². The first-order valence-corrected chi connectivity index (χ1v) is 17.5. The van der Waals surface area contributed by atoms with Crippen LogP contribution in [0.15, 0.2) is 66.7 Å². The maximum atomic E-state index is 13.7. The third-order valence-electron chi connectivity index (χ3n) is 9.23. The number of H-pyrrole nitrogens is 1. The number of carbonyl (C=O) groups excluding carboxylic acids is 5. The molecule has 16 heteroatoms. The van der Waals surface area contributed by atoms with Crippen molar-refractivity contribution in [1.82, 2.24) is 36.6 Å². The molecule has 0 spiro atoms. The summed E-state index contributed by atoms with van der Waals surface area (Å²) in [6.45, 7) is 1.77. The zero-order valence-electron chi connectivity index (χ0n) is 29.5. The minimum atomic E-state index is -0.823. The van der Waals surface area contributed by atoms with Gasteiger partial charge in [-0.15, -0.1) is 10.2 Å². The first-order valence-electron chi connectivity index (χ1n) is 17.5. The molecule has 1 fully saturated rings. The van der Waals surface area contributed by atoms with Gasteiger partial charge in [-0.1, -0.05) is 30.3 Å². The Balaban J connectivity index is 1.22. The van der Waals surface area contributed by atoms with Crippen LogP contribution in [-0.4, -0.2) is 82.4 Å². The summed E-state index contributed by atoms with van der Waals surface area (Å²) in [5.41, 5.74) is 16.5. The summed E-state index contributed by atoms with van der Waals surface area (Å²) in [5.74, 6) is -1.18. The number of hydrogen-bond donors (Lipinski definition) is 8. The lowest BCUT2D eigenvalue weighted by molar-refractivity contribution is -0.130. The Morgan fingerprint density at radius 1 is 0.792 bits per heavy atom. The Morgan fingerprint density at radius 2 is 1.45 bits per heavy atom. The van der Waals surface area contributed by atoms with E-state index >= 15 is 0 Å². The van der Waals surface area contributed by atoms with E-state index in [1.807, 2.05) is 43.3 Å². The van der Waals surface area contributed by atoms with Gasteiger partial charge in [-0.3, -0.25) is 24.0 Å². The molecule has 1 aliphatic carbocycles. The highest BCUT2D eigenvalue weighted by atomic mass is 16.2. The fourth-order valence-corrected chi connectivity index (χ4v) is 6.19. The Bertz CT molecular complexity index is 1870. The molecule has 278 valence electrons. The summed E-state index contributed by atoms with van der Waals surface area (Å²) in [7, 11) is 0. The average molecular weight is 724 g/mol. The highest BCUT2D eigenvalue weighted by molar-refractivity contribution is 5.98. The molecular weight excluding hydrogens is 678 g/mol. The van der Waals surface area contributed by atoms with E-state index in [1.165, 1.54) is 0 Å². The lowest BCUT2D eigenvalue weighted by Crippen LogP contribution is -2.48. The third-order valence-corrected chi connectivity index (χ3v) is 9.23. The predicted molar refractivity (Wildman–Crippen MR) is 199 cm³/mol. The maximum absolute atomic E-state index is 13.7. The van der Waals surface area contributed by atoms with E-state index in [1.54, 1.807) is 30.3 Å². The number of carbonyl (C=O) groups is 5. The number of nitrogens with one attached hydrogen (secondary N) is 6. The van der Waals surface area contributed by atoms with Gasteiger partial charge in [0.1, 0.15) is 6.04 Å². The molecular formula is C37H45N11O5. The van der Waals surface area contributed by atoms with E-state index < -0.39 is 23.8 Å². The Hall–Kier alpha value is -6.00. The molecule has 0 radical (unpaired) electrons. The minimum absolute atomic E-state index is 0.133. The van der Waals surface area contributed by atoms with Crippen molar-refractivity contribution in [2.24, 2.45) is 23.3 Å². The number of nitrogens with two attached hydrogens (primary N) is 2. The highest BCUT2D eigenvalue weighted by Crippen LogP contribution is 2.29. The Labute approximate surface area is 306 Å². The molecule has 53 heavy (non-hydrogen) atoms. The van der Waals surface area contributed by atoms with Crippen LogP contribution in [0.1, 0.15) is 36.8 Å². The molecule has 0 bridgehead atoms. The molecule has 1 aromatic heterocycles. The van der Waals surface area contributed by atoms with E-state index in [0.29, 0.717) is 29.7 Å². The first-order chi connectivity index (χ1) is 25.6. The van der Waals surface area contributed by atoms with Gasteiger partial charge in [0.05, 0.1) is 19.6 Å². The molecule has 5 amide bonds. The quantitative estimate of drug-likeness (QED) is 0.0875. The molecule has 10 N–H and O–H groups in total. The van der Waals surface area contributed by atoms with Crippen molar-refractivity contribution in [3.63, 3.8) is 0 Å². The van der Waals surface area contributed by atoms with Crippen molar-refractivity contribution in [3.8, 4) is 22.5 Å². The SMILES string of the molecule is Cc1cc(NC(=O)CNC(=O)CNC(=O)CN)ccc1-c1ccc(C[C@H](NC(=O)[C@H]2CC[C@H](CN)CC2)C(=O)Nc2ccc(-c3nn[nH]n3)cc2)cc1. The number of aryl methyl sites for hydroxylation is 1. The number of aromatic nitrogens is 4. The van der Waals surface area contributed by atoms with Crippen molar-refractivity contribution in [2.75, 3.05) is 36.8 Å². The van der Waals surface area contributed by atoms with Crippen LogP contribution in [0.3, 0.4) is 0 Å². The molecule has 0 unspecified atom stereocenters. The summed E-state index contributed by atoms with van der Waals surface area (Å²) in [4.78, 5) is 62.5. The molecule has 0 saturated heterocycles. The van der Waals surface area contributed by atoms with Gasteiger partial charge < -0.3 is 38.1 Å². The number of aromatic amines is 1. The van der Waals surface area contributed by atoms with E-state index in [4.69, 9.17) is 11.5 Å². The van der Waals surface area contributed by atoms with Crippen molar-refractivity contribution in [1.29, 1.82) is 0 Å². The molecule has 5 rings (SSSR count). The average Bonchev–Trinajstić information content (AvgIpc) is 3.72. The number of hydrogen-bond acceptors (Lipinski definition) is 10. The van der Waals surface area contributed by atoms with Crippen LogP contribution in [0.25, 0.3) is 22.5 Å². The zero-order chi connectivity index (χ0) is 37.7. The van der Waals surface area contributed by atoms with Gasteiger partial charge in [0.25, 0.3) is 0 Å². The largest absolute Gasteiger partial charge is 0.346 e. The molecule has 16 nitrogen and oxygen atoms in total. The van der Waals surface area contributed by atoms with Gasteiger partial charge in [-0.05, 0) is 109 Å². The Kier molecular flexibility index (Phi) is 13.3. The van der Waals surface area contributed by atoms with Crippen LogP contribution in [0.2, 0.25) is 0 Å². The molecule has 3 aromatic carbocycles. The summed E-state index contributed by atoms with van der Waals surface area (Å²) >= 11 is 0. The molecule has 4 aromatic rings. The van der Waals surface area contributed by atoms with Crippen LogP contribution >= 0.6 is 0 Å². The normalized spacial score (nSPS) is 15.8. The van der Waals surface area contributed by atoms with Gasteiger partial charge in [0, 0.05) is 29.3 Å². The van der Waals surface area contributed by atoms with E-state index in [0.717, 1.165) is 53.5 Å². The molecule has 1 aliphatic rings. The number of nitrogens with zero attached hydrogens (tertiary/aromatic N) is 3. The maximum Gasteiger partial charge on any atom is 0.247 e. The van der Waals surface area contributed by atoms with Crippen molar-refractivity contribution in [2.45, 2.75) is 45.1 Å². The van der Waals surface area contributed by atoms with Gasteiger partial charge in [-0.2, -0.15) is 5.21 Å². The van der Waals surface area contributed by atoms with Crippen LogP contribution in [0.4, 0.5) is 11.4 Å². The fourth-order valence-electron chi connectivity index (χ4n) is 6.19. The van der Waals surface area contributed by atoms with E-state index in [9.17, 15) is 24.0 Å². The summed E-state index contributed by atoms with van der Waals surface area (Å²) < 4.78 is 0. The smallest absolute Gasteiger partial charge is 0.247 e. The fraction of sp³-hybridized carbons (Fsp3) is 0.351. The van der Waals surface area contributed by atoms with Gasteiger partial charge in [0.15, 0.2) is 0 Å². The van der Waals surface area contributed by atoms with Gasteiger partial charge in [0.2, 0.25) is 35.4 Å². The lowest BCUT2D eigenvalue weighted by atomic mass is 9.81. The van der Waals surface area contributed by atoms with Crippen LogP contribution in [-0.2, 0) is 30.4 Å². The molecule has 0 aliphatic heterocycles. The van der Waals surface area contributed by atoms with E-state index in [2.05, 4.69) is 47.2 Å².